The smallest absolute Gasteiger partial charge is 0.124 e. The molecule has 1 aromatic carbocycles. The van der Waals surface area contributed by atoms with Gasteiger partial charge in [0.2, 0.25) is 0 Å². The van der Waals surface area contributed by atoms with Crippen LogP contribution in [0.2, 0.25) is 0 Å². The number of hydrogen-bond acceptors (Lipinski definition) is 3. The summed E-state index contributed by atoms with van der Waals surface area (Å²) in [4.78, 5) is 0. The topological polar surface area (TPSA) is 30.5 Å². The molecule has 0 spiro atoms. The van der Waals surface area contributed by atoms with E-state index in [9.17, 15) is 0 Å². The Hall–Kier alpha value is -1.06. The number of ether oxygens (including phenoxy) is 2. The summed E-state index contributed by atoms with van der Waals surface area (Å²) in [6.07, 6.45) is 1.15. The lowest BCUT2D eigenvalue weighted by atomic mass is 10.2. The Morgan fingerprint density at radius 3 is 2.75 bits per heavy atom. The van der Waals surface area contributed by atoms with E-state index in [1.54, 1.807) is 7.11 Å². The van der Waals surface area contributed by atoms with Crippen LogP contribution in [0.5, 0.6) is 5.75 Å². The molecule has 0 saturated carbocycles. The van der Waals surface area contributed by atoms with E-state index in [4.69, 9.17) is 9.47 Å². The van der Waals surface area contributed by atoms with Gasteiger partial charge in [-0.1, -0.05) is 25.1 Å². The van der Waals surface area contributed by atoms with Gasteiger partial charge in [-0.3, -0.25) is 0 Å². The van der Waals surface area contributed by atoms with Crippen molar-refractivity contribution in [2.75, 3.05) is 26.8 Å². The third-order valence-corrected chi connectivity index (χ3v) is 2.24. The SMILES string of the molecule is CCCNCCOc1ccccc1COC. The molecular weight excluding hydrogens is 202 g/mol. The van der Waals surface area contributed by atoms with Crippen molar-refractivity contribution < 1.29 is 9.47 Å². The fourth-order valence-electron chi connectivity index (χ4n) is 1.45. The van der Waals surface area contributed by atoms with Gasteiger partial charge >= 0.3 is 0 Å². The number of nitrogens with one attached hydrogen (secondary N) is 1. The van der Waals surface area contributed by atoms with Crippen molar-refractivity contribution in [2.24, 2.45) is 0 Å². The van der Waals surface area contributed by atoms with Gasteiger partial charge in [-0.25, -0.2) is 0 Å². The Labute approximate surface area is 97.8 Å². The number of benzene rings is 1. The van der Waals surface area contributed by atoms with E-state index < -0.39 is 0 Å². The maximum absolute atomic E-state index is 5.69. The molecule has 1 rings (SSSR count). The standard InChI is InChI=1S/C13H21NO2/c1-3-8-14-9-10-16-13-7-5-4-6-12(13)11-15-2/h4-7,14H,3,8-11H2,1-2H3. The van der Waals surface area contributed by atoms with Crippen LogP contribution in [0.1, 0.15) is 18.9 Å². The average Bonchev–Trinajstić information content (AvgIpc) is 2.31. The molecule has 0 unspecified atom stereocenters. The lowest BCUT2D eigenvalue weighted by molar-refractivity contribution is 0.180. The predicted octanol–water partition coefficient (Wildman–Crippen LogP) is 2.21. The third-order valence-electron chi connectivity index (χ3n) is 2.24. The summed E-state index contributed by atoms with van der Waals surface area (Å²) in [5.41, 5.74) is 1.10. The third kappa shape index (κ3) is 4.64. The highest BCUT2D eigenvalue weighted by molar-refractivity contribution is 5.32. The van der Waals surface area contributed by atoms with Gasteiger partial charge < -0.3 is 14.8 Å². The van der Waals surface area contributed by atoms with Gasteiger partial charge in [-0.15, -0.1) is 0 Å². The Kier molecular flexibility index (Phi) is 6.61. The molecule has 0 atom stereocenters. The van der Waals surface area contributed by atoms with Crippen LogP contribution in [-0.2, 0) is 11.3 Å². The van der Waals surface area contributed by atoms with Crippen molar-refractivity contribution >= 4 is 0 Å². The Morgan fingerprint density at radius 1 is 1.19 bits per heavy atom. The molecule has 0 fully saturated rings. The van der Waals surface area contributed by atoms with E-state index >= 15 is 0 Å². The summed E-state index contributed by atoms with van der Waals surface area (Å²) >= 11 is 0. The zero-order valence-electron chi connectivity index (χ0n) is 10.2. The molecule has 0 bridgehead atoms. The Morgan fingerprint density at radius 2 is 2.00 bits per heavy atom. The largest absolute Gasteiger partial charge is 0.492 e. The number of para-hydroxylation sites is 1. The van der Waals surface area contributed by atoms with Crippen LogP contribution in [0.25, 0.3) is 0 Å². The second-order valence-electron chi connectivity index (χ2n) is 3.64. The summed E-state index contributed by atoms with van der Waals surface area (Å²) in [5, 5.41) is 3.30. The van der Waals surface area contributed by atoms with Gasteiger partial charge in [-0.2, -0.15) is 0 Å². The molecule has 3 nitrogen and oxygen atoms in total. The monoisotopic (exact) mass is 223 g/mol. The first-order chi connectivity index (χ1) is 7.88. The van der Waals surface area contributed by atoms with Crippen molar-refractivity contribution in [1.82, 2.24) is 5.32 Å². The van der Waals surface area contributed by atoms with Crippen molar-refractivity contribution in [3.05, 3.63) is 29.8 Å². The van der Waals surface area contributed by atoms with Gasteiger partial charge in [0, 0.05) is 19.2 Å². The van der Waals surface area contributed by atoms with Crippen LogP contribution in [0.15, 0.2) is 24.3 Å². The van der Waals surface area contributed by atoms with Crippen molar-refractivity contribution in [2.45, 2.75) is 20.0 Å². The Bertz CT molecular complexity index is 289. The minimum atomic E-state index is 0.596. The van der Waals surface area contributed by atoms with E-state index in [1.807, 2.05) is 24.3 Å². The number of hydrogen-bond donors (Lipinski definition) is 1. The summed E-state index contributed by atoms with van der Waals surface area (Å²) in [7, 11) is 1.69. The lowest BCUT2D eigenvalue weighted by Gasteiger charge is -2.11. The first-order valence-electron chi connectivity index (χ1n) is 5.78. The van der Waals surface area contributed by atoms with Gasteiger partial charge in [0.15, 0.2) is 0 Å². The first kappa shape index (κ1) is 13.0. The minimum absolute atomic E-state index is 0.596. The number of methoxy groups -OCH3 is 1. The molecule has 90 valence electrons. The molecule has 0 radical (unpaired) electrons. The highest BCUT2D eigenvalue weighted by Gasteiger charge is 2.01. The van der Waals surface area contributed by atoms with Crippen molar-refractivity contribution in [1.29, 1.82) is 0 Å². The van der Waals surface area contributed by atoms with Crippen LogP contribution in [0, 0.1) is 0 Å². The molecule has 0 aliphatic heterocycles. The Balaban J connectivity index is 2.34. The van der Waals surface area contributed by atoms with Crippen LogP contribution in [0.4, 0.5) is 0 Å². The van der Waals surface area contributed by atoms with Gasteiger partial charge in [0.25, 0.3) is 0 Å². The molecule has 0 aliphatic rings. The normalized spacial score (nSPS) is 10.4. The minimum Gasteiger partial charge on any atom is -0.492 e. The fourth-order valence-corrected chi connectivity index (χ4v) is 1.45. The molecule has 3 heteroatoms. The van der Waals surface area contributed by atoms with E-state index in [1.165, 1.54) is 0 Å². The maximum atomic E-state index is 5.69. The van der Waals surface area contributed by atoms with Crippen molar-refractivity contribution in [3.8, 4) is 5.75 Å². The van der Waals surface area contributed by atoms with Crippen LogP contribution >= 0.6 is 0 Å². The van der Waals surface area contributed by atoms with Crippen LogP contribution in [0.3, 0.4) is 0 Å². The van der Waals surface area contributed by atoms with Crippen molar-refractivity contribution in [3.63, 3.8) is 0 Å². The predicted molar refractivity (Wildman–Crippen MR) is 65.8 cm³/mol. The fraction of sp³-hybridized carbons (Fsp3) is 0.538. The molecule has 0 aromatic heterocycles. The summed E-state index contributed by atoms with van der Waals surface area (Å²) in [6, 6.07) is 7.98. The molecule has 1 N–H and O–H groups in total. The highest BCUT2D eigenvalue weighted by atomic mass is 16.5. The molecule has 0 saturated heterocycles. The van der Waals surface area contributed by atoms with E-state index in [0.717, 1.165) is 30.8 Å². The van der Waals surface area contributed by atoms with Gasteiger partial charge in [0.05, 0.1) is 6.61 Å². The van der Waals surface area contributed by atoms with E-state index in [2.05, 4.69) is 12.2 Å². The number of rotatable bonds is 8. The average molecular weight is 223 g/mol. The van der Waals surface area contributed by atoms with Gasteiger partial charge in [0.1, 0.15) is 12.4 Å². The van der Waals surface area contributed by atoms with Crippen LogP contribution in [-0.4, -0.2) is 26.8 Å². The highest BCUT2D eigenvalue weighted by Crippen LogP contribution is 2.18. The van der Waals surface area contributed by atoms with E-state index in [0.29, 0.717) is 13.2 Å². The molecule has 0 heterocycles. The first-order valence-corrected chi connectivity index (χ1v) is 5.78. The second kappa shape index (κ2) is 8.13. The summed E-state index contributed by atoms with van der Waals surface area (Å²) in [5.74, 6) is 0.919. The zero-order valence-corrected chi connectivity index (χ0v) is 10.2. The quantitative estimate of drug-likeness (QED) is 0.685. The summed E-state index contributed by atoms with van der Waals surface area (Å²) in [6.45, 7) is 5.37. The summed E-state index contributed by atoms with van der Waals surface area (Å²) < 4.78 is 10.8. The lowest BCUT2D eigenvalue weighted by Crippen LogP contribution is -2.21. The van der Waals surface area contributed by atoms with Gasteiger partial charge in [-0.05, 0) is 19.0 Å². The molecule has 0 aliphatic carbocycles. The maximum Gasteiger partial charge on any atom is 0.124 e. The zero-order chi connectivity index (χ0) is 11.6. The van der Waals surface area contributed by atoms with Crippen LogP contribution < -0.4 is 10.1 Å². The molecule has 0 amide bonds. The second-order valence-corrected chi connectivity index (χ2v) is 3.64. The van der Waals surface area contributed by atoms with E-state index in [-0.39, 0.29) is 0 Å². The molecular formula is C13H21NO2. The molecule has 1 aromatic rings. The molecule has 16 heavy (non-hydrogen) atoms.